The molecule has 0 unspecified atom stereocenters. The summed E-state index contributed by atoms with van der Waals surface area (Å²) < 4.78 is 0. The highest BCUT2D eigenvalue weighted by Gasteiger charge is 2.18. The van der Waals surface area contributed by atoms with Gasteiger partial charge in [-0.25, -0.2) is 0 Å². The average Bonchev–Trinajstić information content (AvgIpc) is 2.39. The van der Waals surface area contributed by atoms with Crippen LogP contribution in [0.4, 0.5) is 5.69 Å². The Morgan fingerprint density at radius 3 is 2.45 bits per heavy atom. The van der Waals surface area contributed by atoms with E-state index in [1.807, 2.05) is 0 Å². The van der Waals surface area contributed by atoms with Crippen LogP contribution in [0.2, 0.25) is 10.0 Å². The lowest BCUT2D eigenvalue weighted by Gasteiger charge is -2.23. The van der Waals surface area contributed by atoms with Crippen LogP contribution in [-0.4, -0.2) is 24.9 Å². The second kappa shape index (κ2) is 7.92. The number of benzene rings is 1. The number of carbonyl (C=O) groups excluding carboxylic acids is 2. The van der Waals surface area contributed by atoms with Crippen molar-refractivity contribution in [3.05, 3.63) is 40.9 Å². The van der Waals surface area contributed by atoms with Crippen molar-refractivity contribution in [3.63, 3.8) is 0 Å². The van der Waals surface area contributed by atoms with Crippen LogP contribution in [0.3, 0.4) is 0 Å². The number of halogens is 2. The lowest BCUT2D eigenvalue weighted by molar-refractivity contribution is -0.120. The van der Waals surface area contributed by atoms with Crippen molar-refractivity contribution in [2.75, 3.05) is 18.0 Å². The molecule has 0 aromatic heterocycles. The number of hydrogen-bond acceptors (Lipinski definition) is 2. The minimum Gasteiger partial charge on any atom is -0.353 e. The predicted molar refractivity (Wildman–Crippen MR) is 82.3 cm³/mol. The number of nitrogens with zero attached hydrogens (tertiary/aromatic N) is 1. The van der Waals surface area contributed by atoms with Crippen molar-refractivity contribution >= 4 is 40.7 Å². The monoisotopic (exact) mass is 314 g/mol. The zero-order valence-corrected chi connectivity index (χ0v) is 12.7. The van der Waals surface area contributed by atoms with Gasteiger partial charge in [-0.15, -0.1) is 6.58 Å². The van der Waals surface area contributed by atoms with E-state index >= 15 is 0 Å². The summed E-state index contributed by atoms with van der Waals surface area (Å²) in [5.41, 5.74) is 0.430. The van der Waals surface area contributed by atoms with Crippen LogP contribution < -0.4 is 10.2 Å². The number of hydrogen-bond donors (Lipinski definition) is 1. The standard InChI is InChI=1S/C14H16Cl2N2O2/c1-3-8-17-13(20)7-9-18(10(2)19)14-11(15)5-4-6-12(14)16/h3-6H,1,7-9H2,2H3,(H,17,20). The first-order valence-electron chi connectivity index (χ1n) is 6.07. The lowest BCUT2D eigenvalue weighted by Crippen LogP contribution is -2.34. The largest absolute Gasteiger partial charge is 0.353 e. The molecule has 0 radical (unpaired) electrons. The molecule has 1 aromatic carbocycles. The average molecular weight is 315 g/mol. The summed E-state index contributed by atoms with van der Waals surface area (Å²) in [5, 5.41) is 3.39. The Labute approximate surface area is 128 Å². The van der Waals surface area contributed by atoms with E-state index < -0.39 is 0 Å². The molecule has 1 rings (SSSR count). The zero-order chi connectivity index (χ0) is 15.1. The summed E-state index contributed by atoms with van der Waals surface area (Å²) in [4.78, 5) is 24.7. The summed E-state index contributed by atoms with van der Waals surface area (Å²) in [6, 6.07) is 5.00. The summed E-state index contributed by atoms with van der Waals surface area (Å²) in [7, 11) is 0. The second-order valence-electron chi connectivity index (χ2n) is 4.08. The molecule has 1 aromatic rings. The zero-order valence-electron chi connectivity index (χ0n) is 11.2. The van der Waals surface area contributed by atoms with Gasteiger partial charge in [0.05, 0.1) is 15.7 Å². The Morgan fingerprint density at radius 1 is 1.35 bits per heavy atom. The van der Waals surface area contributed by atoms with E-state index in [9.17, 15) is 9.59 Å². The third-order valence-electron chi connectivity index (χ3n) is 2.59. The highest BCUT2D eigenvalue weighted by molar-refractivity contribution is 6.39. The van der Waals surface area contributed by atoms with Gasteiger partial charge in [-0.05, 0) is 12.1 Å². The van der Waals surface area contributed by atoms with Gasteiger partial charge in [-0.2, -0.15) is 0 Å². The Hall–Kier alpha value is -1.52. The third kappa shape index (κ3) is 4.54. The number of carbonyl (C=O) groups is 2. The first kappa shape index (κ1) is 16.5. The second-order valence-corrected chi connectivity index (χ2v) is 4.90. The van der Waals surface area contributed by atoms with Gasteiger partial charge in [0.25, 0.3) is 0 Å². The normalized spacial score (nSPS) is 9.95. The molecule has 108 valence electrons. The fourth-order valence-electron chi connectivity index (χ4n) is 1.66. The first-order chi connectivity index (χ1) is 9.47. The van der Waals surface area contributed by atoms with Gasteiger partial charge in [0, 0.05) is 26.4 Å². The molecule has 0 spiro atoms. The van der Waals surface area contributed by atoms with Crippen molar-refractivity contribution in [2.24, 2.45) is 0 Å². The molecular formula is C14H16Cl2N2O2. The van der Waals surface area contributed by atoms with Gasteiger partial charge in [-0.1, -0.05) is 35.3 Å². The van der Waals surface area contributed by atoms with Crippen LogP contribution in [0.15, 0.2) is 30.9 Å². The van der Waals surface area contributed by atoms with Gasteiger partial charge in [-0.3, -0.25) is 9.59 Å². The third-order valence-corrected chi connectivity index (χ3v) is 3.20. The summed E-state index contributed by atoms with van der Waals surface area (Å²) >= 11 is 12.2. The Bertz CT molecular complexity index is 498. The van der Waals surface area contributed by atoms with Gasteiger partial charge >= 0.3 is 0 Å². The minimum atomic E-state index is -0.225. The van der Waals surface area contributed by atoms with E-state index in [2.05, 4.69) is 11.9 Å². The minimum absolute atomic E-state index is 0.162. The quantitative estimate of drug-likeness (QED) is 0.820. The van der Waals surface area contributed by atoms with Gasteiger partial charge in [0.15, 0.2) is 0 Å². The number of para-hydroxylation sites is 1. The van der Waals surface area contributed by atoms with E-state index in [1.54, 1.807) is 24.3 Å². The maximum atomic E-state index is 11.7. The Morgan fingerprint density at radius 2 is 1.95 bits per heavy atom. The molecule has 6 heteroatoms. The topological polar surface area (TPSA) is 49.4 Å². The van der Waals surface area contributed by atoms with Crippen molar-refractivity contribution in [2.45, 2.75) is 13.3 Å². The van der Waals surface area contributed by atoms with Crippen molar-refractivity contribution < 1.29 is 9.59 Å². The summed E-state index contributed by atoms with van der Waals surface area (Å²) in [5.74, 6) is -0.393. The Kier molecular flexibility index (Phi) is 6.55. The fourth-order valence-corrected chi connectivity index (χ4v) is 2.26. The molecule has 0 fully saturated rings. The molecule has 0 aliphatic rings. The van der Waals surface area contributed by atoms with Gasteiger partial charge in [0.1, 0.15) is 0 Å². The maximum Gasteiger partial charge on any atom is 0.223 e. The highest BCUT2D eigenvalue weighted by atomic mass is 35.5. The number of rotatable bonds is 6. The molecule has 0 aliphatic carbocycles. The molecule has 0 saturated heterocycles. The van der Waals surface area contributed by atoms with E-state index in [0.29, 0.717) is 22.3 Å². The number of amides is 2. The van der Waals surface area contributed by atoms with E-state index in [0.717, 1.165) is 0 Å². The maximum absolute atomic E-state index is 11.7. The number of nitrogens with one attached hydrogen (secondary N) is 1. The van der Waals surface area contributed by atoms with Gasteiger partial charge in [0.2, 0.25) is 11.8 Å². The molecule has 2 amide bonds. The molecule has 1 N–H and O–H groups in total. The van der Waals surface area contributed by atoms with Crippen LogP contribution in [-0.2, 0) is 9.59 Å². The van der Waals surface area contributed by atoms with E-state index in [-0.39, 0.29) is 24.8 Å². The summed E-state index contributed by atoms with van der Waals surface area (Å²) in [6.07, 6.45) is 1.75. The highest BCUT2D eigenvalue weighted by Crippen LogP contribution is 2.33. The number of anilines is 1. The van der Waals surface area contributed by atoms with Crippen molar-refractivity contribution in [1.29, 1.82) is 0 Å². The molecule has 0 bridgehead atoms. The molecule has 4 nitrogen and oxygen atoms in total. The van der Waals surface area contributed by atoms with Crippen LogP contribution in [0, 0.1) is 0 Å². The van der Waals surface area contributed by atoms with Crippen LogP contribution in [0.5, 0.6) is 0 Å². The molecule has 0 heterocycles. The lowest BCUT2D eigenvalue weighted by atomic mass is 10.2. The van der Waals surface area contributed by atoms with E-state index in [4.69, 9.17) is 23.2 Å². The van der Waals surface area contributed by atoms with Gasteiger partial charge < -0.3 is 10.2 Å². The summed E-state index contributed by atoms with van der Waals surface area (Å²) in [6.45, 7) is 5.52. The van der Waals surface area contributed by atoms with Crippen LogP contribution in [0.1, 0.15) is 13.3 Å². The predicted octanol–water partition coefficient (Wildman–Crippen LogP) is 3.04. The molecule has 20 heavy (non-hydrogen) atoms. The molecule has 0 atom stereocenters. The smallest absolute Gasteiger partial charge is 0.223 e. The van der Waals surface area contributed by atoms with E-state index in [1.165, 1.54) is 11.8 Å². The molecular weight excluding hydrogens is 299 g/mol. The SMILES string of the molecule is C=CCNC(=O)CCN(C(C)=O)c1c(Cl)cccc1Cl. The van der Waals surface area contributed by atoms with Crippen LogP contribution in [0.25, 0.3) is 0 Å². The molecule has 0 aliphatic heterocycles. The van der Waals surface area contributed by atoms with Crippen LogP contribution >= 0.6 is 23.2 Å². The van der Waals surface area contributed by atoms with Crippen molar-refractivity contribution in [1.82, 2.24) is 5.32 Å². The Balaban J connectivity index is 2.83. The first-order valence-corrected chi connectivity index (χ1v) is 6.82. The van der Waals surface area contributed by atoms with Crippen molar-refractivity contribution in [3.8, 4) is 0 Å². The fraction of sp³-hybridized carbons (Fsp3) is 0.286. The molecule has 0 saturated carbocycles.